The van der Waals surface area contributed by atoms with Gasteiger partial charge in [-0.1, -0.05) is 30.3 Å². The van der Waals surface area contributed by atoms with Gasteiger partial charge >= 0.3 is 0 Å². The summed E-state index contributed by atoms with van der Waals surface area (Å²) in [6, 6.07) is 9.02. The summed E-state index contributed by atoms with van der Waals surface area (Å²) < 4.78 is 40.8. The molecule has 2 aromatic carbocycles. The number of nitro groups is 1. The first-order valence-corrected chi connectivity index (χ1v) is 8.46. The maximum Gasteiger partial charge on any atom is 0.237 e. The van der Waals surface area contributed by atoms with E-state index in [0.29, 0.717) is 25.1 Å². The Labute approximate surface area is 153 Å². The Morgan fingerprint density at radius 3 is 2.41 bits per heavy atom. The number of benzene rings is 2. The number of carbonyl (C=O) groups excluding carboxylic acids is 1. The van der Waals surface area contributed by atoms with Gasteiger partial charge in [0.15, 0.2) is 11.6 Å². The van der Waals surface area contributed by atoms with Crippen LogP contribution in [-0.4, -0.2) is 34.9 Å². The van der Waals surface area contributed by atoms with E-state index in [1.54, 1.807) is 0 Å². The molecule has 27 heavy (non-hydrogen) atoms. The van der Waals surface area contributed by atoms with Crippen LogP contribution in [0.3, 0.4) is 0 Å². The molecule has 2 atom stereocenters. The summed E-state index contributed by atoms with van der Waals surface area (Å²) >= 11 is 0. The van der Waals surface area contributed by atoms with Crippen LogP contribution in [0.5, 0.6) is 0 Å². The first-order chi connectivity index (χ1) is 12.9. The van der Waals surface area contributed by atoms with E-state index in [0.717, 1.165) is 5.56 Å². The Balaban J connectivity index is 1.80. The topological polar surface area (TPSA) is 63.4 Å². The van der Waals surface area contributed by atoms with E-state index < -0.39 is 34.3 Å². The van der Waals surface area contributed by atoms with Gasteiger partial charge in [0.25, 0.3) is 0 Å². The van der Waals surface area contributed by atoms with E-state index in [1.165, 1.54) is 4.90 Å². The summed E-state index contributed by atoms with van der Waals surface area (Å²) in [5.74, 6) is -5.28. The molecule has 1 amide bonds. The molecular formula is C19H17F3N2O3. The van der Waals surface area contributed by atoms with Gasteiger partial charge in [-0.15, -0.1) is 0 Å². The predicted molar refractivity (Wildman–Crippen MR) is 91.2 cm³/mol. The van der Waals surface area contributed by atoms with Gasteiger partial charge in [-0.25, -0.2) is 13.2 Å². The van der Waals surface area contributed by atoms with E-state index in [2.05, 4.69) is 0 Å². The van der Waals surface area contributed by atoms with Crippen LogP contribution >= 0.6 is 0 Å². The minimum Gasteiger partial charge on any atom is -0.335 e. The van der Waals surface area contributed by atoms with Crippen molar-refractivity contribution in [3.05, 3.63) is 81.2 Å². The van der Waals surface area contributed by atoms with Crippen molar-refractivity contribution in [3.8, 4) is 0 Å². The SMILES string of the molecule is O=C1C[C@H](c2cc(F)c(F)cc2F)[C@@H]([N+](=O)[O-])CN1CCc1ccccc1. The second-order valence-electron chi connectivity index (χ2n) is 6.53. The van der Waals surface area contributed by atoms with E-state index in [9.17, 15) is 28.1 Å². The molecule has 142 valence electrons. The fourth-order valence-corrected chi connectivity index (χ4v) is 3.39. The highest BCUT2D eigenvalue weighted by Crippen LogP contribution is 2.33. The highest BCUT2D eigenvalue weighted by Gasteiger charge is 2.43. The fourth-order valence-electron chi connectivity index (χ4n) is 3.39. The van der Waals surface area contributed by atoms with Crippen LogP contribution in [0.15, 0.2) is 42.5 Å². The van der Waals surface area contributed by atoms with E-state index >= 15 is 0 Å². The molecule has 1 aliphatic heterocycles. The number of rotatable bonds is 5. The maximum atomic E-state index is 14.1. The van der Waals surface area contributed by atoms with Crippen molar-refractivity contribution in [1.82, 2.24) is 4.90 Å². The van der Waals surface area contributed by atoms with Gasteiger partial charge in [0.1, 0.15) is 5.82 Å². The molecule has 5 nitrogen and oxygen atoms in total. The van der Waals surface area contributed by atoms with Crippen LogP contribution < -0.4 is 0 Å². The minimum absolute atomic E-state index is 0.207. The summed E-state index contributed by atoms with van der Waals surface area (Å²) in [5.41, 5.74) is 0.642. The summed E-state index contributed by atoms with van der Waals surface area (Å²) in [7, 11) is 0. The van der Waals surface area contributed by atoms with Crippen LogP contribution in [0.25, 0.3) is 0 Å². The van der Waals surface area contributed by atoms with Crippen LogP contribution in [0.2, 0.25) is 0 Å². The predicted octanol–water partition coefficient (Wildman–Crippen LogP) is 3.31. The molecule has 1 aliphatic rings. The molecule has 0 N–H and O–H groups in total. The van der Waals surface area contributed by atoms with Gasteiger partial charge in [-0.05, 0) is 18.1 Å². The van der Waals surface area contributed by atoms with Crippen molar-refractivity contribution >= 4 is 5.91 Å². The Hall–Kier alpha value is -2.90. The average Bonchev–Trinajstić information content (AvgIpc) is 2.64. The molecule has 0 saturated carbocycles. The lowest BCUT2D eigenvalue weighted by molar-refractivity contribution is -0.528. The molecule has 0 radical (unpaired) electrons. The molecule has 2 aromatic rings. The second kappa shape index (κ2) is 7.77. The largest absolute Gasteiger partial charge is 0.335 e. The highest BCUT2D eigenvalue weighted by atomic mass is 19.2. The normalized spacial score (nSPS) is 20.0. The number of piperidine rings is 1. The lowest BCUT2D eigenvalue weighted by atomic mass is 9.84. The lowest BCUT2D eigenvalue weighted by Gasteiger charge is -2.34. The third kappa shape index (κ3) is 4.10. The molecule has 0 unspecified atom stereocenters. The number of halogens is 3. The number of amides is 1. The number of carbonyl (C=O) groups is 1. The zero-order valence-corrected chi connectivity index (χ0v) is 14.3. The number of likely N-dealkylation sites (tertiary alicyclic amines) is 1. The molecule has 3 rings (SSSR count). The van der Waals surface area contributed by atoms with Gasteiger partial charge < -0.3 is 4.90 Å². The van der Waals surface area contributed by atoms with Crippen molar-refractivity contribution in [2.75, 3.05) is 13.1 Å². The van der Waals surface area contributed by atoms with Crippen molar-refractivity contribution in [3.63, 3.8) is 0 Å². The Bertz CT molecular complexity index is 861. The number of nitrogens with zero attached hydrogens (tertiary/aromatic N) is 2. The monoisotopic (exact) mass is 378 g/mol. The maximum absolute atomic E-state index is 14.1. The molecule has 0 spiro atoms. The molecule has 1 heterocycles. The van der Waals surface area contributed by atoms with Gasteiger partial charge in [-0.2, -0.15) is 0 Å². The minimum atomic E-state index is -1.37. The Kier molecular flexibility index (Phi) is 5.43. The second-order valence-corrected chi connectivity index (χ2v) is 6.53. The van der Waals surface area contributed by atoms with Crippen molar-refractivity contribution in [2.24, 2.45) is 0 Å². The third-order valence-electron chi connectivity index (χ3n) is 4.84. The quantitative estimate of drug-likeness (QED) is 0.456. The van der Waals surface area contributed by atoms with Crippen LogP contribution in [0.4, 0.5) is 13.2 Å². The van der Waals surface area contributed by atoms with Crippen molar-refractivity contribution in [1.29, 1.82) is 0 Å². The standard InChI is InChI=1S/C19H17F3N2O3/c20-15-10-17(22)16(21)8-13(15)14-9-19(25)23(11-18(14)24(26)27)7-6-12-4-2-1-3-5-12/h1-5,8,10,14,18H,6-7,9,11H2/t14-,18+/m1/s1. The first kappa shape index (κ1) is 18.9. The van der Waals surface area contributed by atoms with E-state index in [4.69, 9.17) is 0 Å². The van der Waals surface area contributed by atoms with Crippen LogP contribution in [0.1, 0.15) is 23.5 Å². The van der Waals surface area contributed by atoms with Crippen molar-refractivity contribution in [2.45, 2.75) is 24.8 Å². The lowest BCUT2D eigenvalue weighted by Crippen LogP contribution is -2.50. The van der Waals surface area contributed by atoms with Gasteiger partial charge in [0.2, 0.25) is 11.9 Å². The zero-order valence-electron chi connectivity index (χ0n) is 14.3. The molecule has 0 aromatic heterocycles. The molecule has 0 aliphatic carbocycles. The van der Waals surface area contributed by atoms with Gasteiger partial charge in [0, 0.05) is 29.5 Å². The fraction of sp³-hybridized carbons (Fsp3) is 0.316. The zero-order chi connectivity index (χ0) is 19.6. The smallest absolute Gasteiger partial charge is 0.237 e. The summed E-state index contributed by atoms with van der Waals surface area (Å²) in [6.45, 7) is 0.0853. The van der Waals surface area contributed by atoms with Crippen molar-refractivity contribution < 1.29 is 22.9 Å². The molecule has 1 saturated heterocycles. The van der Waals surface area contributed by atoms with Crippen LogP contribution in [0, 0.1) is 27.6 Å². The molecule has 1 fully saturated rings. The average molecular weight is 378 g/mol. The third-order valence-corrected chi connectivity index (χ3v) is 4.84. The molecule has 8 heteroatoms. The van der Waals surface area contributed by atoms with E-state index in [1.807, 2.05) is 30.3 Å². The summed E-state index contributed by atoms with van der Waals surface area (Å²) in [4.78, 5) is 24.7. The highest BCUT2D eigenvalue weighted by molar-refractivity contribution is 5.78. The van der Waals surface area contributed by atoms with Gasteiger partial charge in [-0.3, -0.25) is 14.9 Å². The Morgan fingerprint density at radius 2 is 1.74 bits per heavy atom. The first-order valence-electron chi connectivity index (χ1n) is 8.46. The van der Waals surface area contributed by atoms with Crippen LogP contribution in [-0.2, 0) is 11.2 Å². The Morgan fingerprint density at radius 1 is 1.07 bits per heavy atom. The van der Waals surface area contributed by atoms with Gasteiger partial charge in [0.05, 0.1) is 12.5 Å². The van der Waals surface area contributed by atoms with E-state index in [-0.39, 0.29) is 24.4 Å². The molecular weight excluding hydrogens is 361 g/mol. The number of hydrogen-bond acceptors (Lipinski definition) is 3. The summed E-state index contributed by atoms with van der Waals surface area (Å²) in [5, 5.41) is 11.5. The molecule has 0 bridgehead atoms. The number of hydrogen-bond donors (Lipinski definition) is 0. The summed E-state index contributed by atoms with van der Waals surface area (Å²) in [6.07, 6.45) is 0.198.